The minimum absolute atomic E-state index is 0.0566. The van der Waals surface area contributed by atoms with E-state index in [0.29, 0.717) is 11.8 Å². The van der Waals surface area contributed by atoms with E-state index in [1.54, 1.807) is 0 Å². The minimum Gasteiger partial charge on any atom is -0.506 e. The molecule has 0 aliphatic heterocycles. The lowest BCUT2D eigenvalue weighted by atomic mass is 10.1. The van der Waals surface area contributed by atoms with E-state index in [1.807, 2.05) is 13.8 Å². The molecule has 0 bridgehead atoms. The van der Waals surface area contributed by atoms with Crippen LogP contribution in [0, 0.1) is 0 Å². The number of nitrogens with one attached hydrogen (secondary N) is 1. The Kier molecular flexibility index (Phi) is 4.41. The van der Waals surface area contributed by atoms with Gasteiger partial charge in [0, 0.05) is 12.8 Å². The normalized spacial score (nSPS) is 11.7. The number of alkyl halides is 2. The largest absolute Gasteiger partial charge is 0.506 e. The van der Waals surface area contributed by atoms with Crippen molar-refractivity contribution in [3.05, 3.63) is 33.9 Å². The van der Waals surface area contributed by atoms with Gasteiger partial charge in [-0.05, 0) is 6.07 Å². The number of carbonyl (C=O) groups is 1. The Hall–Kier alpha value is -2.09. The van der Waals surface area contributed by atoms with Crippen molar-refractivity contribution in [1.29, 1.82) is 0 Å². The lowest BCUT2D eigenvalue weighted by Gasteiger charge is -2.13. The number of aromatic nitrogens is 2. The van der Waals surface area contributed by atoms with Crippen molar-refractivity contribution in [3.8, 4) is 5.75 Å². The number of pyridine rings is 1. The number of hydrogen-bond donors (Lipinski definition) is 2. The van der Waals surface area contributed by atoms with Crippen molar-refractivity contribution in [2.45, 2.75) is 32.6 Å². The molecule has 0 fully saturated rings. The molecule has 5 nitrogen and oxygen atoms in total. The fourth-order valence-electron chi connectivity index (χ4n) is 1.71. The molecular weight excluding hydrogens is 312 g/mol. The standard InChI is InChI=1S/C14H15F2N3O2S/c1-7(2)13-18-6-10(22-13)12(21)19-11-4-8(14(3,15)16)9(20)5-17-11/h4-7,20H,1-3H3,(H,17,19,21). The zero-order chi connectivity index (χ0) is 16.5. The molecule has 1 amide bonds. The highest BCUT2D eigenvalue weighted by Gasteiger charge is 2.29. The first-order valence-electron chi connectivity index (χ1n) is 6.53. The first kappa shape index (κ1) is 16.3. The molecular formula is C14H15F2N3O2S. The van der Waals surface area contributed by atoms with Gasteiger partial charge in [0.25, 0.3) is 11.8 Å². The quantitative estimate of drug-likeness (QED) is 0.897. The molecule has 0 radical (unpaired) electrons. The Morgan fingerprint density at radius 2 is 2.05 bits per heavy atom. The Balaban J connectivity index is 2.21. The van der Waals surface area contributed by atoms with Crippen LogP contribution in [-0.2, 0) is 5.92 Å². The van der Waals surface area contributed by atoms with Crippen LogP contribution >= 0.6 is 11.3 Å². The molecule has 0 aliphatic carbocycles. The summed E-state index contributed by atoms with van der Waals surface area (Å²) in [5.74, 6) is -4.19. The summed E-state index contributed by atoms with van der Waals surface area (Å²) in [7, 11) is 0. The Bertz CT molecular complexity index is 696. The Labute approximate surface area is 130 Å². The van der Waals surface area contributed by atoms with Gasteiger partial charge >= 0.3 is 0 Å². The second-order valence-corrected chi connectivity index (χ2v) is 6.21. The Morgan fingerprint density at radius 3 is 2.59 bits per heavy atom. The number of halogens is 2. The van der Waals surface area contributed by atoms with Crippen LogP contribution in [0.15, 0.2) is 18.5 Å². The Morgan fingerprint density at radius 1 is 1.36 bits per heavy atom. The number of carbonyl (C=O) groups excluding carboxylic acids is 1. The van der Waals surface area contributed by atoms with Crippen LogP contribution in [0.2, 0.25) is 0 Å². The smallest absolute Gasteiger partial charge is 0.274 e. The van der Waals surface area contributed by atoms with Gasteiger partial charge in [0.2, 0.25) is 0 Å². The number of rotatable bonds is 4. The van der Waals surface area contributed by atoms with Crippen molar-refractivity contribution < 1.29 is 18.7 Å². The molecule has 0 saturated heterocycles. The zero-order valence-corrected chi connectivity index (χ0v) is 13.0. The lowest BCUT2D eigenvalue weighted by molar-refractivity contribution is 0.0151. The zero-order valence-electron chi connectivity index (χ0n) is 12.2. The predicted molar refractivity (Wildman–Crippen MR) is 79.6 cm³/mol. The third kappa shape index (κ3) is 3.56. The van der Waals surface area contributed by atoms with Crippen LogP contribution in [0.1, 0.15) is 46.9 Å². The van der Waals surface area contributed by atoms with Crippen LogP contribution in [0.3, 0.4) is 0 Å². The van der Waals surface area contributed by atoms with E-state index in [4.69, 9.17) is 0 Å². The molecule has 0 atom stereocenters. The molecule has 2 aromatic rings. The minimum atomic E-state index is -3.23. The topological polar surface area (TPSA) is 75.1 Å². The van der Waals surface area contributed by atoms with Crippen molar-refractivity contribution in [2.75, 3.05) is 5.32 Å². The molecule has 2 aromatic heterocycles. The van der Waals surface area contributed by atoms with E-state index in [2.05, 4.69) is 15.3 Å². The molecule has 0 spiro atoms. The summed E-state index contributed by atoms with van der Waals surface area (Å²) in [6, 6.07) is 0.956. The van der Waals surface area contributed by atoms with E-state index in [0.717, 1.165) is 17.3 Å². The van der Waals surface area contributed by atoms with E-state index < -0.39 is 23.1 Å². The van der Waals surface area contributed by atoms with Crippen molar-refractivity contribution >= 4 is 23.1 Å². The van der Waals surface area contributed by atoms with Crippen molar-refractivity contribution in [3.63, 3.8) is 0 Å². The summed E-state index contributed by atoms with van der Waals surface area (Å²) < 4.78 is 26.7. The van der Waals surface area contributed by atoms with E-state index in [1.165, 1.54) is 17.5 Å². The van der Waals surface area contributed by atoms with E-state index in [-0.39, 0.29) is 11.7 Å². The molecule has 2 rings (SSSR count). The van der Waals surface area contributed by atoms with Crippen LogP contribution in [-0.4, -0.2) is 21.0 Å². The van der Waals surface area contributed by atoms with Crippen LogP contribution in [0.4, 0.5) is 14.6 Å². The maximum Gasteiger partial charge on any atom is 0.274 e. The summed E-state index contributed by atoms with van der Waals surface area (Å²) in [6.07, 6.45) is 2.32. The molecule has 118 valence electrons. The molecule has 0 unspecified atom stereocenters. The first-order valence-corrected chi connectivity index (χ1v) is 7.34. The monoisotopic (exact) mass is 327 g/mol. The highest BCUT2D eigenvalue weighted by molar-refractivity contribution is 7.13. The van der Waals surface area contributed by atoms with Crippen LogP contribution in [0.5, 0.6) is 5.75 Å². The molecule has 0 aliphatic rings. The van der Waals surface area contributed by atoms with Crippen molar-refractivity contribution in [2.24, 2.45) is 0 Å². The second kappa shape index (κ2) is 5.96. The summed E-state index contributed by atoms with van der Waals surface area (Å²) in [4.78, 5) is 20.3. The average Bonchev–Trinajstić information content (AvgIpc) is 2.89. The molecule has 0 saturated carbocycles. The number of amides is 1. The van der Waals surface area contributed by atoms with Gasteiger partial charge in [0.05, 0.1) is 23.0 Å². The van der Waals surface area contributed by atoms with Gasteiger partial charge in [-0.3, -0.25) is 4.79 Å². The van der Waals surface area contributed by atoms with Gasteiger partial charge in [-0.1, -0.05) is 13.8 Å². The number of nitrogens with zero attached hydrogens (tertiary/aromatic N) is 2. The van der Waals surface area contributed by atoms with Crippen LogP contribution < -0.4 is 5.32 Å². The lowest BCUT2D eigenvalue weighted by Crippen LogP contribution is -2.14. The van der Waals surface area contributed by atoms with Crippen molar-refractivity contribution in [1.82, 2.24) is 9.97 Å². The number of hydrogen-bond acceptors (Lipinski definition) is 5. The molecule has 8 heteroatoms. The SMILES string of the molecule is CC(C)c1ncc(C(=O)Nc2cc(C(C)(F)F)c(O)cn2)s1. The highest BCUT2D eigenvalue weighted by Crippen LogP contribution is 2.34. The molecule has 2 heterocycles. The maximum absolute atomic E-state index is 13.3. The van der Waals surface area contributed by atoms with Crippen LogP contribution in [0.25, 0.3) is 0 Å². The number of thiazole rings is 1. The van der Waals surface area contributed by atoms with E-state index >= 15 is 0 Å². The summed E-state index contributed by atoms with van der Waals surface area (Å²) >= 11 is 1.23. The summed E-state index contributed by atoms with van der Waals surface area (Å²) in [5.41, 5.74) is -0.593. The fourth-order valence-corrected chi connectivity index (χ4v) is 2.52. The highest BCUT2D eigenvalue weighted by atomic mass is 32.1. The third-order valence-electron chi connectivity index (χ3n) is 2.84. The third-order valence-corrected chi connectivity index (χ3v) is 4.14. The first-order chi connectivity index (χ1) is 10.2. The summed E-state index contributed by atoms with van der Waals surface area (Å²) in [5, 5.41) is 12.7. The van der Waals surface area contributed by atoms with Gasteiger partial charge in [-0.2, -0.15) is 0 Å². The number of anilines is 1. The second-order valence-electron chi connectivity index (χ2n) is 5.15. The fraction of sp³-hybridized carbons (Fsp3) is 0.357. The van der Waals surface area contributed by atoms with Gasteiger partial charge in [-0.25, -0.2) is 18.7 Å². The predicted octanol–water partition coefficient (Wildman–Crippen LogP) is 3.73. The maximum atomic E-state index is 13.3. The van der Waals surface area contributed by atoms with E-state index in [9.17, 15) is 18.7 Å². The number of aromatic hydroxyl groups is 1. The van der Waals surface area contributed by atoms with Gasteiger partial charge < -0.3 is 10.4 Å². The average molecular weight is 327 g/mol. The molecule has 2 N–H and O–H groups in total. The molecule has 0 aromatic carbocycles. The summed E-state index contributed by atoms with van der Waals surface area (Å²) in [6.45, 7) is 4.57. The van der Waals surface area contributed by atoms with Gasteiger partial charge in [0.1, 0.15) is 16.4 Å². The molecule has 22 heavy (non-hydrogen) atoms. The van der Waals surface area contributed by atoms with Gasteiger partial charge in [-0.15, -0.1) is 11.3 Å². The van der Waals surface area contributed by atoms with Gasteiger partial charge in [0.15, 0.2) is 0 Å².